The molecule has 144 valence electrons. The van der Waals surface area contributed by atoms with Gasteiger partial charge in [-0.25, -0.2) is 0 Å². The van der Waals surface area contributed by atoms with Crippen LogP contribution in [0.4, 0.5) is 5.69 Å². The van der Waals surface area contributed by atoms with Crippen LogP contribution in [0.5, 0.6) is 0 Å². The summed E-state index contributed by atoms with van der Waals surface area (Å²) in [4.78, 5) is 30.8. The van der Waals surface area contributed by atoms with Crippen LogP contribution < -0.4 is 5.32 Å². The Hall–Kier alpha value is -3.98. The molecule has 0 radical (unpaired) electrons. The SMILES string of the molecule is C/C(C(=O)C(=O)Nc1ccncc1)=C1/C=CC=CN1CCc1ccc(C#N)cc1. The Balaban J connectivity index is 1.71. The number of benzene rings is 1. The number of nitriles is 1. The molecule has 2 heterocycles. The van der Waals surface area contributed by atoms with Gasteiger partial charge in [-0.3, -0.25) is 14.6 Å². The molecule has 0 atom stereocenters. The van der Waals surface area contributed by atoms with E-state index in [2.05, 4.69) is 16.4 Å². The Bertz CT molecular complexity index is 1030. The maximum atomic E-state index is 12.6. The number of hydrogen-bond donors (Lipinski definition) is 1. The number of nitrogens with one attached hydrogen (secondary N) is 1. The highest BCUT2D eigenvalue weighted by molar-refractivity contribution is 6.46. The molecule has 0 bridgehead atoms. The van der Waals surface area contributed by atoms with E-state index in [0.29, 0.717) is 29.1 Å². The van der Waals surface area contributed by atoms with Crippen molar-refractivity contribution in [3.05, 3.63) is 95.6 Å². The van der Waals surface area contributed by atoms with Crippen LogP contribution in [0, 0.1) is 11.3 Å². The van der Waals surface area contributed by atoms with Gasteiger partial charge < -0.3 is 10.2 Å². The third-order valence-electron chi connectivity index (χ3n) is 4.53. The molecule has 0 aliphatic carbocycles. The van der Waals surface area contributed by atoms with Crippen LogP contribution in [0.15, 0.2) is 84.5 Å². The Morgan fingerprint density at radius 3 is 2.52 bits per heavy atom. The Morgan fingerprint density at radius 2 is 1.83 bits per heavy atom. The van der Waals surface area contributed by atoms with Crippen molar-refractivity contribution in [2.75, 3.05) is 11.9 Å². The molecule has 0 unspecified atom stereocenters. The number of amides is 1. The lowest BCUT2D eigenvalue weighted by Crippen LogP contribution is -2.28. The Kier molecular flexibility index (Phi) is 6.33. The maximum absolute atomic E-state index is 12.6. The second-order valence-corrected chi connectivity index (χ2v) is 6.48. The van der Waals surface area contributed by atoms with E-state index in [0.717, 1.165) is 12.0 Å². The van der Waals surface area contributed by atoms with Gasteiger partial charge in [0.15, 0.2) is 0 Å². The van der Waals surface area contributed by atoms with Crippen LogP contribution in [-0.2, 0) is 16.0 Å². The van der Waals surface area contributed by atoms with Gasteiger partial charge in [-0.05, 0) is 55.3 Å². The number of pyridine rings is 1. The highest BCUT2D eigenvalue weighted by Crippen LogP contribution is 2.19. The van der Waals surface area contributed by atoms with Crippen LogP contribution in [0.25, 0.3) is 0 Å². The molecule has 6 nitrogen and oxygen atoms in total. The number of allylic oxidation sites excluding steroid dienone is 3. The smallest absolute Gasteiger partial charge is 0.296 e. The van der Waals surface area contributed by atoms with Gasteiger partial charge in [0, 0.05) is 42.1 Å². The molecule has 1 N–H and O–H groups in total. The summed E-state index contributed by atoms with van der Waals surface area (Å²) in [5.41, 5.74) is 3.29. The first kappa shape index (κ1) is 19.8. The number of aromatic nitrogens is 1. The largest absolute Gasteiger partial charge is 0.347 e. The Labute approximate surface area is 169 Å². The number of carbonyl (C=O) groups is 2. The topological polar surface area (TPSA) is 86.1 Å². The summed E-state index contributed by atoms with van der Waals surface area (Å²) in [7, 11) is 0. The number of hydrogen-bond acceptors (Lipinski definition) is 5. The standard InChI is InChI=1S/C23H20N4O2/c1-17(22(28)23(29)26-20-9-12-25-13-10-20)21-4-2-3-14-27(21)15-11-18-5-7-19(16-24)8-6-18/h2-10,12-14H,11,15H2,1H3,(H,25,26,29)/b21-17+. The summed E-state index contributed by atoms with van der Waals surface area (Å²) in [6.45, 7) is 2.29. The molecule has 0 fully saturated rings. The fourth-order valence-electron chi connectivity index (χ4n) is 2.92. The van der Waals surface area contributed by atoms with Crippen LogP contribution in [0.2, 0.25) is 0 Å². The van der Waals surface area contributed by atoms with E-state index in [9.17, 15) is 9.59 Å². The van der Waals surface area contributed by atoms with Crippen molar-refractivity contribution in [1.82, 2.24) is 9.88 Å². The number of rotatable bonds is 6. The lowest BCUT2D eigenvalue weighted by molar-refractivity contribution is -0.132. The van der Waals surface area contributed by atoms with Crippen LogP contribution >= 0.6 is 0 Å². The van der Waals surface area contributed by atoms with E-state index in [4.69, 9.17) is 5.26 Å². The van der Waals surface area contributed by atoms with Gasteiger partial charge in [0.05, 0.1) is 11.6 Å². The zero-order valence-electron chi connectivity index (χ0n) is 16.0. The van der Waals surface area contributed by atoms with Crippen LogP contribution in [0.1, 0.15) is 18.1 Å². The molecule has 29 heavy (non-hydrogen) atoms. The predicted molar refractivity (Wildman–Crippen MR) is 110 cm³/mol. The van der Waals surface area contributed by atoms with Gasteiger partial charge >= 0.3 is 0 Å². The molecule has 0 saturated heterocycles. The third kappa shape index (κ3) is 5.05. The number of carbonyl (C=O) groups excluding carboxylic acids is 2. The normalized spacial score (nSPS) is 14.3. The summed E-state index contributed by atoms with van der Waals surface area (Å²) in [5, 5.41) is 11.5. The highest BCUT2D eigenvalue weighted by atomic mass is 16.2. The van der Waals surface area contributed by atoms with Crippen LogP contribution in [-0.4, -0.2) is 28.1 Å². The fraction of sp³-hybridized carbons (Fsp3) is 0.130. The van der Waals surface area contributed by atoms with E-state index in [1.165, 1.54) is 0 Å². The maximum Gasteiger partial charge on any atom is 0.296 e. The summed E-state index contributed by atoms with van der Waals surface area (Å²) in [5.74, 6) is -1.27. The van der Waals surface area contributed by atoms with Gasteiger partial charge in [0.1, 0.15) is 0 Å². The number of anilines is 1. The molecular weight excluding hydrogens is 364 g/mol. The highest BCUT2D eigenvalue weighted by Gasteiger charge is 2.21. The summed E-state index contributed by atoms with van der Waals surface area (Å²) >= 11 is 0. The first-order chi connectivity index (χ1) is 14.1. The Morgan fingerprint density at radius 1 is 1.10 bits per heavy atom. The molecule has 0 saturated carbocycles. The molecular formula is C23H20N4O2. The summed E-state index contributed by atoms with van der Waals surface area (Å²) in [6.07, 6.45) is 11.3. The molecule has 1 aliphatic heterocycles. The molecule has 1 aliphatic rings. The summed E-state index contributed by atoms with van der Waals surface area (Å²) < 4.78 is 0. The number of nitrogens with zero attached hydrogens (tertiary/aromatic N) is 3. The van der Waals surface area contributed by atoms with E-state index < -0.39 is 11.7 Å². The molecule has 1 aromatic carbocycles. The van der Waals surface area contributed by atoms with Crippen molar-refractivity contribution in [1.29, 1.82) is 5.26 Å². The number of ketones is 1. The molecule has 2 aromatic rings. The monoisotopic (exact) mass is 384 g/mol. The first-order valence-corrected chi connectivity index (χ1v) is 9.15. The van der Waals surface area contributed by atoms with Crippen LogP contribution in [0.3, 0.4) is 0 Å². The summed E-state index contributed by atoms with van der Waals surface area (Å²) in [6, 6.07) is 12.8. The lowest BCUT2D eigenvalue weighted by atomic mass is 10.1. The quantitative estimate of drug-likeness (QED) is 0.610. The minimum Gasteiger partial charge on any atom is -0.347 e. The zero-order valence-corrected chi connectivity index (χ0v) is 16.0. The number of Topliss-reactive ketones (excluding diaryl/α,β-unsaturated/α-hetero) is 1. The van der Waals surface area contributed by atoms with Gasteiger partial charge in [0.25, 0.3) is 5.91 Å². The van der Waals surface area contributed by atoms with Gasteiger partial charge in [-0.2, -0.15) is 5.26 Å². The predicted octanol–water partition coefficient (Wildman–Crippen LogP) is 3.36. The lowest BCUT2D eigenvalue weighted by Gasteiger charge is -2.25. The molecule has 1 aromatic heterocycles. The van der Waals surface area contributed by atoms with E-state index >= 15 is 0 Å². The average Bonchev–Trinajstić information content (AvgIpc) is 2.78. The molecule has 1 amide bonds. The van der Waals surface area contributed by atoms with Gasteiger partial charge in [-0.1, -0.05) is 18.2 Å². The third-order valence-corrected chi connectivity index (χ3v) is 4.53. The van der Waals surface area contributed by atoms with Crippen molar-refractivity contribution in [3.63, 3.8) is 0 Å². The van der Waals surface area contributed by atoms with Crippen molar-refractivity contribution in [3.8, 4) is 6.07 Å². The van der Waals surface area contributed by atoms with Gasteiger partial charge in [0.2, 0.25) is 5.78 Å². The van der Waals surface area contributed by atoms with Gasteiger partial charge in [-0.15, -0.1) is 0 Å². The van der Waals surface area contributed by atoms with E-state index in [1.807, 2.05) is 41.5 Å². The van der Waals surface area contributed by atoms with E-state index in [-0.39, 0.29) is 0 Å². The van der Waals surface area contributed by atoms with Crippen molar-refractivity contribution in [2.24, 2.45) is 0 Å². The van der Waals surface area contributed by atoms with Crippen molar-refractivity contribution in [2.45, 2.75) is 13.3 Å². The zero-order chi connectivity index (χ0) is 20.6. The molecule has 6 heteroatoms. The van der Waals surface area contributed by atoms with E-state index in [1.54, 1.807) is 43.6 Å². The van der Waals surface area contributed by atoms with Crippen molar-refractivity contribution >= 4 is 17.4 Å². The fourth-order valence-corrected chi connectivity index (χ4v) is 2.92. The second kappa shape index (κ2) is 9.29. The first-order valence-electron chi connectivity index (χ1n) is 9.15. The average molecular weight is 384 g/mol. The van der Waals surface area contributed by atoms with Crippen molar-refractivity contribution < 1.29 is 9.59 Å². The molecule has 3 rings (SSSR count). The second-order valence-electron chi connectivity index (χ2n) is 6.48. The molecule has 0 spiro atoms. The minimum absolute atomic E-state index is 0.372. The minimum atomic E-state index is -0.684.